The second-order valence-electron chi connectivity index (χ2n) is 3.50. The molecule has 0 fully saturated rings. The minimum atomic E-state index is -1.45. The molecule has 4 N–H and O–H groups in total. The molecule has 1 heterocycles. The molecule has 15 heavy (non-hydrogen) atoms. The van der Waals surface area contributed by atoms with Crippen molar-refractivity contribution in [2.45, 2.75) is 13.2 Å². The van der Waals surface area contributed by atoms with E-state index in [1.54, 1.807) is 25.3 Å². The number of hydrogen-bond donors (Lipinski definition) is 3. The van der Waals surface area contributed by atoms with Crippen LogP contribution in [0.4, 0.5) is 5.82 Å². The van der Waals surface area contributed by atoms with E-state index in [2.05, 4.69) is 4.98 Å². The number of aryl methyl sites for hydroxylation is 1. The first kappa shape index (κ1) is 9.89. The second kappa shape index (κ2) is 3.49. The first-order chi connectivity index (χ1) is 7.09. The van der Waals surface area contributed by atoms with Gasteiger partial charge in [0.15, 0.2) is 6.29 Å². The number of anilines is 1. The van der Waals surface area contributed by atoms with E-state index in [9.17, 15) is 0 Å². The number of nitrogens with two attached hydrogens (primary N) is 1. The van der Waals surface area contributed by atoms with Crippen LogP contribution >= 0.6 is 0 Å². The maximum atomic E-state index is 9.14. The molecule has 0 amide bonds. The van der Waals surface area contributed by atoms with E-state index in [0.29, 0.717) is 11.4 Å². The van der Waals surface area contributed by atoms with E-state index in [0.717, 1.165) is 16.3 Å². The lowest BCUT2D eigenvalue weighted by Crippen LogP contribution is -1.99. The van der Waals surface area contributed by atoms with Gasteiger partial charge in [-0.1, -0.05) is 0 Å². The van der Waals surface area contributed by atoms with Crippen molar-refractivity contribution in [3.8, 4) is 0 Å². The fourth-order valence-corrected chi connectivity index (χ4v) is 1.65. The third-order valence-electron chi connectivity index (χ3n) is 2.46. The SMILES string of the molecule is Cc1cc2c(N)nccc2cc1C(O)O. The lowest BCUT2D eigenvalue weighted by molar-refractivity contribution is -0.0428. The van der Waals surface area contributed by atoms with Crippen LogP contribution in [-0.2, 0) is 0 Å². The molecule has 78 valence electrons. The lowest BCUT2D eigenvalue weighted by Gasteiger charge is -2.10. The maximum absolute atomic E-state index is 9.14. The highest BCUT2D eigenvalue weighted by Gasteiger charge is 2.09. The Labute approximate surface area is 87.0 Å². The molecule has 1 aromatic carbocycles. The van der Waals surface area contributed by atoms with E-state index in [1.807, 2.05) is 6.07 Å². The van der Waals surface area contributed by atoms with Gasteiger partial charge in [0, 0.05) is 17.1 Å². The van der Waals surface area contributed by atoms with Gasteiger partial charge in [-0.3, -0.25) is 0 Å². The van der Waals surface area contributed by atoms with Crippen LogP contribution in [0.25, 0.3) is 10.8 Å². The summed E-state index contributed by atoms with van der Waals surface area (Å²) in [5.74, 6) is 0.453. The third kappa shape index (κ3) is 1.65. The quantitative estimate of drug-likeness (QED) is 0.608. The topological polar surface area (TPSA) is 79.4 Å². The Morgan fingerprint density at radius 2 is 2.07 bits per heavy atom. The fraction of sp³-hybridized carbons (Fsp3) is 0.182. The average Bonchev–Trinajstić information content (AvgIpc) is 2.18. The van der Waals surface area contributed by atoms with Crippen molar-refractivity contribution in [2.24, 2.45) is 0 Å². The first-order valence-electron chi connectivity index (χ1n) is 4.60. The van der Waals surface area contributed by atoms with Crippen LogP contribution in [0.2, 0.25) is 0 Å². The summed E-state index contributed by atoms with van der Waals surface area (Å²) in [6.45, 7) is 1.81. The highest BCUT2D eigenvalue weighted by atomic mass is 16.5. The van der Waals surface area contributed by atoms with Crippen LogP contribution in [0.1, 0.15) is 17.4 Å². The Balaban J connectivity index is 2.76. The summed E-state index contributed by atoms with van der Waals surface area (Å²) in [6, 6.07) is 5.32. The number of benzene rings is 1. The van der Waals surface area contributed by atoms with Gasteiger partial charge in [0.05, 0.1) is 0 Å². The van der Waals surface area contributed by atoms with Gasteiger partial charge < -0.3 is 15.9 Å². The van der Waals surface area contributed by atoms with Gasteiger partial charge in [0.25, 0.3) is 0 Å². The maximum Gasteiger partial charge on any atom is 0.178 e. The Morgan fingerprint density at radius 3 is 2.73 bits per heavy atom. The van der Waals surface area contributed by atoms with E-state index in [1.165, 1.54) is 0 Å². The van der Waals surface area contributed by atoms with Gasteiger partial charge in [-0.2, -0.15) is 0 Å². The Morgan fingerprint density at radius 1 is 1.33 bits per heavy atom. The van der Waals surface area contributed by atoms with E-state index < -0.39 is 6.29 Å². The van der Waals surface area contributed by atoms with Crippen LogP contribution in [0.15, 0.2) is 24.4 Å². The van der Waals surface area contributed by atoms with E-state index in [4.69, 9.17) is 15.9 Å². The molecule has 2 aromatic rings. The Hall–Kier alpha value is -1.65. The molecule has 0 aliphatic rings. The molecule has 4 nitrogen and oxygen atoms in total. The van der Waals surface area contributed by atoms with Gasteiger partial charge in [0.1, 0.15) is 5.82 Å². The van der Waals surface area contributed by atoms with Crippen molar-refractivity contribution in [1.82, 2.24) is 4.98 Å². The standard InChI is InChI=1S/C11H12N2O2/c1-6-4-9-7(2-3-13-10(9)12)5-8(6)11(14)15/h2-5,11,14-15H,1H3,(H2,12,13). The summed E-state index contributed by atoms with van der Waals surface area (Å²) in [7, 11) is 0. The highest BCUT2D eigenvalue weighted by molar-refractivity contribution is 5.91. The van der Waals surface area contributed by atoms with Crippen molar-refractivity contribution in [1.29, 1.82) is 0 Å². The zero-order valence-corrected chi connectivity index (χ0v) is 8.31. The number of aromatic nitrogens is 1. The van der Waals surface area contributed by atoms with Crippen LogP contribution < -0.4 is 5.73 Å². The normalized spacial score (nSPS) is 11.2. The summed E-state index contributed by atoms with van der Waals surface area (Å²) in [4.78, 5) is 3.98. The van der Waals surface area contributed by atoms with Crippen molar-refractivity contribution < 1.29 is 10.2 Å². The summed E-state index contributed by atoms with van der Waals surface area (Å²) in [5.41, 5.74) is 7.00. The molecule has 0 radical (unpaired) electrons. The molecule has 0 saturated carbocycles. The number of hydrogen-bond acceptors (Lipinski definition) is 4. The average molecular weight is 204 g/mol. The van der Waals surface area contributed by atoms with Gasteiger partial charge in [0.2, 0.25) is 0 Å². The zero-order valence-electron chi connectivity index (χ0n) is 8.31. The summed E-state index contributed by atoms with van der Waals surface area (Å²) >= 11 is 0. The molecule has 0 unspecified atom stereocenters. The van der Waals surface area contributed by atoms with Gasteiger partial charge in [-0.05, 0) is 36.1 Å². The third-order valence-corrected chi connectivity index (χ3v) is 2.46. The molecule has 4 heteroatoms. The van der Waals surface area contributed by atoms with Crippen molar-refractivity contribution in [2.75, 3.05) is 5.73 Å². The minimum absolute atomic E-state index is 0.453. The van der Waals surface area contributed by atoms with Crippen LogP contribution in [0, 0.1) is 6.92 Å². The van der Waals surface area contributed by atoms with Crippen LogP contribution in [0.5, 0.6) is 0 Å². The molecular formula is C11H12N2O2. The molecule has 1 aromatic heterocycles. The predicted octanol–water partition coefficient (Wildman–Crippen LogP) is 1.11. The molecule has 0 bridgehead atoms. The van der Waals surface area contributed by atoms with Crippen LogP contribution in [-0.4, -0.2) is 15.2 Å². The number of aliphatic hydroxyl groups excluding tert-OH is 1. The number of pyridine rings is 1. The Kier molecular flexibility index (Phi) is 2.30. The summed E-state index contributed by atoms with van der Waals surface area (Å²) < 4.78 is 0. The predicted molar refractivity (Wildman–Crippen MR) is 58.1 cm³/mol. The highest BCUT2D eigenvalue weighted by Crippen LogP contribution is 2.25. The number of nitrogen functional groups attached to an aromatic ring is 1. The van der Waals surface area contributed by atoms with Crippen molar-refractivity contribution >= 4 is 16.6 Å². The molecule has 0 saturated heterocycles. The second-order valence-corrected chi connectivity index (χ2v) is 3.50. The van der Waals surface area contributed by atoms with E-state index >= 15 is 0 Å². The van der Waals surface area contributed by atoms with Crippen molar-refractivity contribution in [3.63, 3.8) is 0 Å². The van der Waals surface area contributed by atoms with Gasteiger partial charge >= 0.3 is 0 Å². The Bertz CT molecular complexity index is 509. The van der Waals surface area contributed by atoms with Gasteiger partial charge in [-0.15, -0.1) is 0 Å². The largest absolute Gasteiger partial charge is 0.383 e. The number of aliphatic hydroxyl groups is 2. The van der Waals surface area contributed by atoms with Gasteiger partial charge in [-0.25, -0.2) is 4.98 Å². The molecule has 0 aliphatic carbocycles. The van der Waals surface area contributed by atoms with Crippen LogP contribution in [0.3, 0.4) is 0 Å². The lowest BCUT2D eigenvalue weighted by atomic mass is 10.0. The molecular weight excluding hydrogens is 192 g/mol. The summed E-state index contributed by atoms with van der Waals surface area (Å²) in [6.07, 6.45) is 0.143. The van der Waals surface area contributed by atoms with Crippen molar-refractivity contribution in [3.05, 3.63) is 35.5 Å². The van der Waals surface area contributed by atoms with E-state index in [-0.39, 0.29) is 0 Å². The monoisotopic (exact) mass is 204 g/mol. The number of nitrogens with zero attached hydrogens (tertiary/aromatic N) is 1. The molecule has 0 atom stereocenters. The molecule has 0 spiro atoms. The summed E-state index contributed by atoms with van der Waals surface area (Å²) in [5, 5.41) is 20.0. The first-order valence-corrected chi connectivity index (χ1v) is 4.60. The number of rotatable bonds is 1. The molecule has 0 aliphatic heterocycles. The zero-order chi connectivity index (χ0) is 11.0. The fourth-order valence-electron chi connectivity index (χ4n) is 1.65. The molecule has 2 rings (SSSR count). The minimum Gasteiger partial charge on any atom is -0.383 e. The smallest absolute Gasteiger partial charge is 0.178 e. The number of fused-ring (bicyclic) bond motifs is 1.